The van der Waals surface area contributed by atoms with Crippen LogP contribution >= 0.6 is 11.6 Å². The van der Waals surface area contributed by atoms with E-state index in [9.17, 15) is 15.0 Å². The van der Waals surface area contributed by atoms with E-state index < -0.39 is 12.1 Å². The summed E-state index contributed by atoms with van der Waals surface area (Å²) in [5.74, 6) is 0.116. The predicted octanol–water partition coefficient (Wildman–Crippen LogP) is 5.27. The molecule has 0 bridgehead atoms. The Morgan fingerprint density at radius 2 is 2.11 bits per heavy atom. The number of ether oxygens (including phenoxy) is 1. The van der Waals surface area contributed by atoms with Gasteiger partial charge in [0, 0.05) is 29.8 Å². The lowest BCUT2D eigenvalue weighted by atomic mass is 9.85. The van der Waals surface area contributed by atoms with Crippen molar-refractivity contribution >= 4 is 34.3 Å². The Morgan fingerprint density at radius 1 is 1.26 bits per heavy atom. The number of aromatic nitrogens is 2. The van der Waals surface area contributed by atoms with Crippen molar-refractivity contribution in [2.45, 2.75) is 70.1 Å². The number of aliphatic hydroxyl groups is 1. The minimum Gasteiger partial charge on any atom is -0.491 e. The lowest BCUT2D eigenvalue weighted by molar-refractivity contribution is -0.143. The highest BCUT2D eigenvalue weighted by atomic mass is 35.5. The highest BCUT2D eigenvalue weighted by Crippen LogP contribution is 2.42. The number of imidazole rings is 1. The predicted molar refractivity (Wildman–Crippen MR) is 134 cm³/mol. The van der Waals surface area contributed by atoms with Crippen LogP contribution in [0.25, 0.3) is 11.0 Å². The number of aryl methyl sites for hydroxylation is 1. The molecular weight excluding hydrogens is 466 g/mol. The molecule has 4 unspecified atom stereocenters. The van der Waals surface area contributed by atoms with Crippen molar-refractivity contribution in [3.8, 4) is 5.75 Å². The lowest BCUT2D eigenvalue weighted by Gasteiger charge is -2.30. The summed E-state index contributed by atoms with van der Waals surface area (Å²) in [6, 6.07) is 8.25. The Hall–Kier alpha value is -2.77. The normalized spacial score (nSPS) is 24.4. The molecule has 2 aliphatic heterocycles. The number of rotatable bonds is 4. The summed E-state index contributed by atoms with van der Waals surface area (Å²) < 4.78 is 7.76. The van der Waals surface area contributed by atoms with Crippen LogP contribution in [0, 0.1) is 5.92 Å². The summed E-state index contributed by atoms with van der Waals surface area (Å²) >= 11 is 6.50. The van der Waals surface area contributed by atoms with Gasteiger partial charge in [-0.3, -0.25) is 4.79 Å². The molecule has 3 aromatic rings. The van der Waals surface area contributed by atoms with E-state index in [1.54, 1.807) is 6.07 Å². The smallest absolute Gasteiger partial charge is 0.306 e. The number of nitrogens with zero attached hydrogens (tertiary/aromatic N) is 2. The van der Waals surface area contributed by atoms with Crippen molar-refractivity contribution in [3.05, 3.63) is 51.8 Å². The minimum atomic E-state index is -0.984. The fraction of sp³-hybridized carbons (Fsp3) is 0.481. The van der Waals surface area contributed by atoms with Gasteiger partial charge in [-0.25, -0.2) is 4.98 Å². The molecule has 7 nitrogen and oxygen atoms in total. The van der Waals surface area contributed by atoms with Gasteiger partial charge in [0.05, 0.1) is 28.6 Å². The average molecular weight is 496 g/mol. The summed E-state index contributed by atoms with van der Waals surface area (Å²) in [5, 5.41) is 25.4. The number of carboxylic acids is 1. The number of carboxylic acid groups (broad SMARTS) is 1. The van der Waals surface area contributed by atoms with Gasteiger partial charge in [0.2, 0.25) is 0 Å². The third-order valence-corrected chi connectivity index (χ3v) is 8.19. The second-order valence-corrected chi connectivity index (χ2v) is 10.6. The average Bonchev–Trinajstić information content (AvgIpc) is 3.48. The van der Waals surface area contributed by atoms with Gasteiger partial charge in [-0.1, -0.05) is 18.0 Å². The summed E-state index contributed by atoms with van der Waals surface area (Å²) in [5.41, 5.74) is 5.78. The molecular formula is C27H30ClN3O4. The summed E-state index contributed by atoms with van der Waals surface area (Å²) in [6.45, 7) is 2.76. The Balaban J connectivity index is 1.50. The van der Waals surface area contributed by atoms with E-state index in [1.807, 2.05) is 6.07 Å². The summed E-state index contributed by atoms with van der Waals surface area (Å²) in [6.07, 6.45) is 4.62. The van der Waals surface area contributed by atoms with Crippen LogP contribution in [0.2, 0.25) is 5.02 Å². The maximum atomic E-state index is 11.8. The second kappa shape index (κ2) is 8.71. The Morgan fingerprint density at radius 3 is 2.94 bits per heavy atom. The molecule has 4 atom stereocenters. The largest absolute Gasteiger partial charge is 0.491 e. The standard InChI is InChI=1S/C27H30ClN3O4/c1-14-5-6-19-21(29-14)7-8-22-23(19)30-26(31(22)18-4-2-3-16(12-18)27(33)34)24(32)17-11-15-9-10-35-25(15)20(28)13-17/h7-8,11,13-14,16,18,24,29,32H,2-6,9-10,12H2,1H3,(H,33,34). The first-order chi connectivity index (χ1) is 16.9. The molecule has 0 amide bonds. The first kappa shape index (κ1) is 22.7. The molecule has 8 heteroatoms. The number of carbonyl (C=O) groups is 1. The zero-order valence-electron chi connectivity index (χ0n) is 19.8. The molecule has 1 saturated carbocycles. The van der Waals surface area contributed by atoms with E-state index in [1.165, 1.54) is 5.56 Å². The number of hydrogen-bond donors (Lipinski definition) is 3. The van der Waals surface area contributed by atoms with Crippen LogP contribution in [0.3, 0.4) is 0 Å². The van der Waals surface area contributed by atoms with Crippen molar-refractivity contribution in [3.63, 3.8) is 0 Å². The molecule has 1 aromatic heterocycles. The topological polar surface area (TPSA) is 96.6 Å². The number of halogens is 1. The van der Waals surface area contributed by atoms with E-state index >= 15 is 0 Å². The van der Waals surface area contributed by atoms with Crippen molar-refractivity contribution in [1.29, 1.82) is 0 Å². The maximum absolute atomic E-state index is 11.8. The highest BCUT2D eigenvalue weighted by Gasteiger charge is 2.33. The number of aliphatic hydroxyl groups excluding tert-OH is 1. The zero-order chi connectivity index (χ0) is 24.3. The molecule has 1 fully saturated rings. The third-order valence-electron chi connectivity index (χ3n) is 7.91. The molecule has 35 heavy (non-hydrogen) atoms. The van der Waals surface area contributed by atoms with Crippen LogP contribution in [0.5, 0.6) is 5.75 Å². The number of nitrogens with one attached hydrogen (secondary N) is 1. The van der Waals surface area contributed by atoms with Crippen molar-refractivity contribution in [2.24, 2.45) is 5.92 Å². The number of anilines is 1. The van der Waals surface area contributed by atoms with Gasteiger partial charge in [-0.15, -0.1) is 0 Å². The number of fused-ring (bicyclic) bond motifs is 4. The van der Waals surface area contributed by atoms with E-state index in [-0.39, 0.29) is 12.0 Å². The van der Waals surface area contributed by atoms with Gasteiger partial charge in [0.15, 0.2) is 0 Å². The zero-order valence-corrected chi connectivity index (χ0v) is 20.5. The van der Waals surface area contributed by atoms with E-state index in [0.717, 1.165) is 54.4 Å². The fourth-order valence-electron chi connectivity index (χ4n) is 6.11. The minimum absolute atomic E-state index is 0.0405. The SMILES string of the molecule is CC1CCc2c(ccc3c2nc(C(O)c2cc(Cl)c4c(c2)CCO4)n3C2CCCC(C(=O)O)C2)N1. The Kier molecular flexibility index (Phi) is 5.65. The monoisotopic (exact) mass is 495 g/mol. The van der Waals surface area contributed by atoms with Gasteiger partial charge in [-0.05, 0) is 74.4 Å². The third kappa shape index (κ3) is 3.85. The van der Waals surface area contributed by atoms with Gasteiger partial charge >= 0.3 is 5.97 Å². The van der Waals surface area contributed by atoms with E-state index in [2.05, 4.69) is 28.9 Å². The van der Waals surface area contributed by atoms with Gasteiger partial charge in [-0.2, -0.15) is 0 Å². The van der Waals surface area contributed by atoms with Gasteiger partial charge < -0.3 is 24.8 Å². The quantitative estimate of drug-likeness (QED) is 0.456. The molecule has 3 heterocycles. The lowest BCUT2D eigenvalue weighted by Crippen LogP contribution is -2.26. The molecule has 3 aliphatic rings. The van der Waals surface area contributed by atoms with Gasteiger partial charge in [0.25, 0.3) is 0 Å². The van der Waals surface area contributed by atoms with Crippen LogP contribution < -0.4 is 10.1 Å². The first-order valence-electron chi connectivity index (χ1n) is 12.6. The highest BCUT2D eigenvalue weighted by molar-refractivity contribution is 6.32. The first-order valence-corrected chi connectivity index (χ1v) is 12.9. The van der Waals surface area contributed by atoms with Crippen molar-refractivity contribution in [1.82, 2.24) is 9.55 Å². The van der Waals surface area contributed by atoms with Crippen molar-refractivity contribution < 1.29 is 19.7 Å². The van der Waals surface area contributed by atoms with Crippen LogP contribution in [-0.4, -0.2) is 38.4 Å². The van der Waals surface area contributed by atoms with Crippen LogP contribution in [0.1, 0.15) is 73.7 Å². The van der Waals surface area contributed by atoms with Gasteiger partial charge in [0.1, 0.15) is 17.7 Å². The van der Waals surface area contributed by atoms with E-state index in [0.29, 0.717) is 47.7 Å². The number of benzene rings is 2. The maximum Gasteiger partial charge on any atom is 0.306 e. The fourth-order valence-corrected chi connectivity index (χ4v) is 6.41. The van der Waals surface area contributed by atoms with Crippen LogP contribution in [0.15, 0.2) is 24.3 Å². The Labute approximate surface area is 209 Å². The summed E-state index contributed by atoms with van der Waals surface area (Å²) in [4.78, 5) is 16.9. The molecule has 0 spiro atoms. The molecule has 0 saturated heterocycles. The molecule has 1 aliphatic carbocycles. The van der Waals surface area contributed by atoms with E-state index in [4.69, 9.17) is 21.3 Å². The Bertz CT molecular complexity index is 1320. The number of aliphatic carboxylic acids is 1. The van der Waals surface area contributed by atoms with Crippen LogP contribution in [0.4, 0.5) is 5.69 Å². The second-order valence-electron chi connectivity index (χ2n) is 10.2. The molecule has 0 radical (unpaired) electrons. The van der Waals surface area contributed by atoms with Crippen molar-refractivity contribution in [2.75, 3.05) is 11.9 Å². The molecule has 2 aromatic carbocycles. The number of hydrogen-bond acceptors (Lipinski definition) is 5. The summed E-state index contributed by atoms with van der Waals surface area (Å²) in [7, 11) is 0. The molecule has 6 rings (SSSR count). The molecule has 3 N–H and O–H groups in total. The molecule has 184 valence electrons. The van der Waals surface area contributed by atoms with Crippen LogP contribution in [-0.2, 0) is 17.6 Å².